The van der Waals surface area contributed by atoms with Crippen molar-refractivity contribution in [2.45, 2.75) is 18.2 Å². The van der Waals surface area contributed by atoms with Gasteiger partial charge in [-0.25, -0.2) is 13.6 Å². The van der Waals surface area contributed by atoms with Crippen LogP contribution in [0.15, 0.2) is 41.3 Å². The summed E-state index contributed by atoms with van der Waals surface area (Å²) in [5.74, 6) is 0.719. The van der Waals surface area contributed by atoms with E-state index in [1.54, 1.807) is 12.1 Å². The predicted molar refractivity (Wildman–Crippen MR) is 76.8 cm³/mol. The molecule has 0 spiro atoms. The monoisotopic (exact) mass is 292 g/mol. The molecule has 0 fully saturated rings. The van der Waals surface area contributed by atoms with Crippen LogP contribution in [0.25, 0.3) is 0 Å². The molecule has 0 aliphatic carbocycles. The number of nitrogens with zero attached hydrogens (tertiary/aromatic N) is 2. The second-order valence-corrected chi connectivity index (χ2v) is 5.99. The number of hydrogen-bond acceptors (Lipinski definition) is 5. The smallest absolute Gasteiger partial charge is 0.238 e. The van der Waals surface area contributed by atoms with Crippen molar-refractivity contribution in [2.75, 3.05) is 11.9 Å². The minimum atomic E-state index is -3.62. The molecule has 1 heterocycles. The first-order chi connectivity index (χ1) is 9.45. The van der Waals surface area contributed by atoms with E-state index < -0.39 is 10.0 Å². The first-order valence-electron chi connectivity index (χ1n) is 6.11. The average molecular weight is 292 g/mol. The van der Waals surface area contributed by atoms with E-state index in [0.717, 1.165) is 23.5 Å². The minimum Gasteiger partial charge on any atom is -0.368 e. The zero-order valence-corrected chi connectivity index (χ0v) is 11.9. The van der Waals surface area contributed by atoms with Crippen molar-refractivity contribution in [3.63, 3.8) is 0 Å². The number of sulfonamides is 1. The van der Waals surface area contributed by atoms with Crippen LogP contribution in [0.4, 0.5) is 5.82 Å². The number of hydrogen-bond donors (Lipinski definition) is 2. The molecule has 7 heteroatoms. The van der Waals surface area contributed by atoms with Crippen molar-refractivity contribution in [3.8, 4) is 0 Å². The van der Waals surface area contributed by atoms with E-state index in [0.29, 0.717) is 6.54 Å². The summed E-state index contributed by atoms with van der Waals surface area (Å²) in [6, 6.07) is 10.3. The summed E-state index contributed by atoms with van der Waals surface area (Å²) in [7, 11) is -3.62. The Morgan fingerprint density at radius 1 is 1.10 bits per heavy atom. The van der Waals surface area contributed by atoms with Crippen LogP contribution < -0.4 is 10.5 Å². The standard InChI is InChI=1S/C13H16N4O2S/c1-10-2-7-13(17-16-10)15-9-8-11-3-5-12(6-4-11)20(14,18)19/h2-7H,8-9H2,1H3,(H,15,17)(H2,14,18,19). The average Bonchev–Trinajstić information content (AvgIpc) is 2.41. The Balaban J connectivity index is 1.90. The van der Waals surface area contributed by atoms with Gasteiger partial charge in [0.15, 0.2) is 0 Å². The molecule has 3 N–H and O–H groups in total. The molecule has 106 valence electrons. The maximum absolute atomic E-state index is 11.1. The molecule has 6 nitrogen and oxygen atoms in total. The summed E-state index contributed by atoms with van der Waals surface area (Å²) in [6.45, 7) is 2.57. The molecule has 2 aromatic rings. The van der Waals surface area contributed by atoms with E-state index in [1.807, 2.05) is 19.1 Å². The minimum absolute atomic E-state index is 0.124. The van der Waals surface area contributed by atoms with Gasteiger partial charge in [-0.2, -0.15) is 5.10 Å². The van der Waals surface area contributed by atoms with E-state index in [4.69, 9.17) is 5.14 Å². The lowest BCUT2D eigenvalue weighted by Gasteiger charge is -2.06. The van der Waals surface area contributed by atoms with Crippen molar-refractivity contribution in [1.29, 1.82) is 0 Å². The third-order valence-corrected chi connectivity index (χ3v) is 3.70. The van der Waals surface area contributed by atoms with Crippen molar-refractivity contribution < 1.29 is 8.42 Å². The lowest BCUT2D eigenvalue weighted by molar-refractivity contribution is 0.598. The van der Waals surface area contributed by atoms with Crippen molar-refractivity contribution in [2.24, 2.45) is 5.14 Å². The summed E-state index contributed by atoms with van der Waals surface area (Å²) in [5, 5.41) is 16.1. The molecule has 0 amide bonds. The zero-order valence-electron chi connectivity index (χ0n) is 11.1. The van der Waals surface area contributed by atoms with Gasteiger partial charge in [0.1, 0.15) is 5.82 Å². The molecule has 1 aromatic heterocycles. The second-order valence-electron chi connectivity index (χ2n) is 4.43. The Morgan fingerprint density at radius 2 is 1.80 bits per heavy atom. The summed E-state index contributed by atoms with van der Waals surface area (Å²) < 4.78 is 22.2. The van der Waals surface area contributed by atoms with Crippen LogP contribution in [0.3, 0.4) is 0 Å². The van der Waals surface area contributed by atoms with Crippen LogP contribution in [-0.4, -0.2) is 25.2 Å². The lowest BCUT2D eigenvalue weighted by atomic mass is 10.1. The van der Waals surface area contributed by atoms with Crippen molar-refractivity contribution >= 4 is 15.8 Å². The van der Waals surface area contributed by atoms with Crippen molar-refractivity contribution in [1.82, 2.24) is 10.2 Å². The number of aromatic nitrogens is 2. The molecule has 0 saturated carbocycles. The molecule has 20 heavy (non-hydrogen) atoms. The Morgan fingerprint density at radius 3 is 2.35 bits per heavy atom. The summed E-state index contributed by atoms with van der Waals surface area (Å²) in [4.78, 5) is 0.124. The summed E-state index contributed by atoms with van der Waals surface area (Å²) in [6.07, 6.45) is 0.750. The molecule has 0 aliphatic heterocycles. The molecule has 0 unspecified atom stereocenters. The van der Waals surface area contributed by atoms with Gasteiger partial charge >= 0.3 is 0 Å². The second kappa shape index (κ2) is 5.98. The van der Waals surface area contributed by atoms with Crippen molar-refractivity contribution in [3.05, 3.63) is 47.7 Å². The van der Waals surface area contributed by atoms with Gasteiger partial charge in [0.25, 0.3) is 0 Å². The fourth-order valence-electron chi connectivity index (χ4n) is 1.67. The Kier molecular flexibility index (Phi) is 4.31. The van der Waals surface area contributed by atoms with Crippen LogP contribution in [0.2, 0.25) is 0 Å². The van der Waals surface area contributed by atoms with E-state index in [-0.39, 0.29) is 4.90 Å². The number of nitrogens with one attached hydrogen (secondary N) is 1. The number of nitrogens with two attached hydrogens (primary N) is 1. The molecule has 0 atom stereocenters. The molecular formula is C13H16N4O2S. The number of anilines is 1. The quantitative estimate of drug-likeness (QED) is 0.859. The molecule has 2 rings (SSSR count). The van der Waals surface area contributed by atoms with E-state index in [2.05, 4.69) is 15.5 Å². The number of rotatable bonds is 5. The van der Waals surface area contributed by atoms with E-state index in [9.17, 15) is 8.42 Å². The van der Waals surface area contributed by atoms with Gasteiger partial charge in [-0.3, -0.25) is 0 Å². The number of aryl methyl sites for hydroxylation is 1. The highest BCUT2D eigenvalue weighted by Gasteiger charge is 2.06. The highest BCUT2D eigenvalue weighted by molar-refractivity contribution is 7.89. The first kappa shape index (κ1) is 14.4. The largest absolute Gasteiger partial charge is 0.368 e. The molecule has 0 radical (unpaired) electrons. The Bertz CT molecular complexity index is 667. The van der Waals surface area contributed by atoms with Crippen LogP contribution in [0.5, 0.6) is 0 Å². The maximum atomic E-state index is 11.1. The van der Waals surface area contributed by atoms with Crippen LogP contribution in [0.1, 0.15) is 11.3 Å². The first-order valence-corrected chi connectivity index (χ1v) is 7.66. The number of primary sulfonamides is 1. The van der Waals surface area contributed by atoms with Crippen LogP contribution >= 0.6 is 0 Å². The lowest BCUT2D eigenvalue weighted by Crippen LogP contribution is -2.12. The van der Waals surface area contributed by atoms with Gasteiger partial charge in [-0.1, -0.05) is 12.1 Å². The molecule has 1 aromatic carbocycles. The molecule has 0 saturated heterocycles. The van der Waals surface area contributed by atoms with Gasteiger partial charge in [0.2, 0.25) is 10.0 Å². The SMILES string of the molecule is Cc1ccc(NCCc2ccc(S(N)(=O)=O)cc2)nn1. The topological polar surface area (TPSA) is 98.0 Å². The van der Waals surface area contributed by atoms with Gasteiger partial charge in [-0.15, -0.1) is 5.10 Å². The van der Waals surface area contributed by atoms with Crippen LogP contribution in [-0.2, 0) is 16.4 Å². The van der Waals surface area contributed by atoms with Gasteiger partial charge in [-0.05, 0) is 43.2 Å². The van der Waals surface area contributed by atoms with Crippen LogP contribution in [0, 0.1) is 6.92 Å². The fourth-order valence-corrected chi connectivity index (χ4v) is 2.19. The highest BCUT2D eigenvalue weighted by atomic mass is 32.2. The third kappa shape index (κ3) is 4.01. The number of benzene rings is 1. The Hall–Kier alpha value is -1.99. The highest BCUT2D eigenvalue weighted by Crippen LogP contribution is 2.09. The van der Waals surface area contributed by atoms with E-state index >= 15 is 0 Å². The summed E-state index contributed by atoms with van der Waals surface area (Å²) >= 11 is 0. The molecule has 0 aliphatic rings. The van der Waals surface area contributed by atoms with Gasteiger partial charge in [0, 0.05) is 6.54 Å². The van der Waals surface area contributed by atoms with Gasteiger partial charge in [0.05, 0.1) is 10.6 Å². The maximum Gasteiger partial charge on any atom is 0.238 e. The summed E-state index contributed by atoms with van der Waals surface area (Å²) in [5.41, 5.74) is 1.89. The fraction of sp³-hybridized carbons (Fsp3) is 0.231. The van der Waals surface area contributed by atoms with Gasteiger partial charge < -0.3 is 5.32 Å². The molecular weight excluding hydrogens is 276 g/mol. The Labute approximate surface area is 118 Å². The normalized spacial score (nSPS) is 11.3. The third-order valence-electron chi connectivity index (χ3n) is 2.77. The molecule has 0 bridgehead atoms. The van der Waals surface area contributed by atoms with E-state index in [1.165, 1.54) is 12.1 Å². The predicted octanol–water partition coefficient (Wildman–Crippen LogP) is 1.09. The zero-order chi connectivity index (χ0) is 14.6.